The predicted octanol–water partition coefficient (Wildman–Crippen LogP) is 0.921. The topological polar surface area (TPSA) is 46.3 Å². The zero-order valence-corrected chi connectivity index (χ0v) is 8.74. The lowest BCUT2D eigenvalue weighted by Gasteiger charge is -2.37. The Bertz CT molecular complexity index is 209. The summed E-state index contributed by atoms with van der Waals surface area (Å²) in [7, 11) is 0. The van der Waals surface area contributed by atoms with Crippen LogP contribution >= 0.6 is 0 Å². The maximum absolute atomic E-state index is 11.7. The molecule has 1 unspecified atom stereocenters. The summed E-state index contributed by atoms with van der Waals surface area (Å²) in [6.07, 6.45) is 6.32. The zero-order valence-electron chi connectivity index (χ0n) is 8.74. The van der Waals surface area contributed by atoms with Crippen LogP contribution in [-0.4, -0.2) is 35.9 Å². The van der Waals surface area contributed by atoms with E-state index >= 15 is 0 Å². The van der Waals surface area contributed by atoms with Crippen molar-refractivity contribution in [3.8, 4) is 0 Å². The van der Waals surface area contributed by atoms with Crippen LogP contribution < -0.4 is 5.73 Å². The Morgan fingerprint density at radius 1 is 1.14 bits per heavy atom. The lowest BCUT2D eigenvalue weighted by atomic mass is 9.91. The molecule has 0 aromatic rings. The highest BCUT2D eigenvalue weighted by Crippen LogP contribution is 2.22. The van der Waals surface area contributed by atoms with Crippen LogP contribution in [0.5, 0.6) is 0 Å². The molecule has 2 rings (SSSR count). The SMILES string of the molecule is NC1CCN(C2CCCCC2=O)CC1. The number of carbonyl (C=O) groups excluding carboxylic acids is 1. The average molecular weight is 196 g/mol. The average Bonchev–Trinajstić information content (AvgIpc) is 2.20. The molecule has 2 N–H and O–H groups in total. The summed E-state index contributed by atoms with van der Waals surface area (Å²) in [5.74, 6) is 0.465. The van der Waals surface area contributed by atoms with Gasteiger partial charge in [-0.25, -0.2) is 0 Å². The van der Waals surface area contributed by atoms with Gasteiger partial charge in [-0.1, -0.05) is 6.42 Å². The van der Waals surface area contributed by atoms with Crippen LogP contribution in [0.3, 0.4) is 0 Å². The molecule has 1 atom stereocenters. The summed E-state index contributed by atoms with van der Waals surface area (Å²) in [5.41, 5.74) is 5.85. The molecule has 2 fully saturated rings. The molecule has 1 heterocycles. The fraction of sp³-hybridized carbons (Fsp3) is 0.909. The number of carbonyl (C=O) groups is 1. The minimum absolute atomic E-state index is 0.233. The van der Waals surface area contributed by atoms with Crippen molar-refractivity contribution in [2.24, 2.45) is 5.73 Å². The quantitative estimate of drug-likeness (QED) is 0.678. The van der Waals surface area contributed by atoms with E-state index in [1.807, 2.05) is 0 Å². The van der Waals surface area contributed by atoms with E-state index in [1.54, 1.807) is 0 Å². The van der Waals surface area contributed by atoms with Gasteiger partial charge in [0.1, 0.15) is 5.78 Å². The Kier molecular flexibility index (Phi) is 3.19. The van der Waals surface area contributed by atoms with E-state index in [-0.39, 0.29) is 6.04 Å². The second-order valence-electron chi connectivity index (χ2n) is 4.60. The van der Waals surface area contributed by atoms with Crippen LogP contribution in [-0.2, 0) is 4.79 Å². The highest BCUT2D eigenvalue weighted by Gasteiger charge is 2.30. The normalized spacial score (nSPS) is 32.1. The summed E-state index contributed by atoms with van der Waals surface area (Å²) in [6, 6.07) is 0.598. The summed E-state index contributed by atoms with van der Waals surface area (Å²) in [6.45, 7) is 2.05. The molecule has 0 bridgehead atoms. The smallest absolute Gasteiger partial charge is 0.149 e. The molecule has 80 valence electrons. The summed E-state index contributed by atoms with van der Waals surface area (Å²) < 4.78 is 0. The van der Waals surface area contributed by atoms with Crippen LogP contribution in [0.15, 0.2) is 0 Å². The molecule has 3 heteroatoms. The molecule has 14 heavy (non-hydrogen) atoms. The first-order valence-corrected chi connectivity index (χ1v) is 5.80. The number of nitrogens with two attached hydrogens (primary N) is 1. The molecule has 1 aliphatic carbocycles. The first kappa shape index (κ1) is 10.1. The molecule has 1 saturated carbocycles. The van der Waals surface area contributed by atoms with Crippen LogP contribution in [0.25, 0.3) is 0 Å². The van der Waals surface area contributed by atoms with E-state index in [4.69, 9.17) is 5.73 Å². The van der Waals surface area contributed by atoms with Gasteiger partial charge in [0.05, 0.1) is 6.04 Å². The first-order chi connectivity index (χ1) is 6.77. The van der Waals surface area contributed by atoms with Gasteiger partial charge in [0.15, 0.2) is 0 Å². The largest absolute Gasteiger partial charge is 0.328 e. The van der Waals surface area contributed by atoms with Crippen molar-refractivity contribution in [2.45, 2.75) is 50.6 Å². The van der Waals surface area contributed by atoms with E-state index in [9.17, 15) is 4.79 Å². The lowest BCUT2D eigenvalue weighted by molar-refractivity contribution is -0.126. The highest BCUT2D eigenvalue weighted by molar-refractivity contribution is 5.84. The Morgan fingerprint density at radius 3 is 2.50 bits per heavy atom. The van der Waals surface area contributed by atoms with Crippen molar-refractivity contribution < 1.29 is 4.79 Å². The number of Topliss-reactive ketones (excluding diaryl/α,β-unsaturated/α-hetero) is 1. The van der Waals surface area contributed by atoms with Crippen LogP contribution in [0, 0.1) is 0 Å². The molecule has 1 aliphatic heterocycles. The van der Waals surface area contributed by atoms with Crippen molar-refractivity contribution in [2.75, 3.05) is 13.1 Å². The Morgan fingerprint density at radius 2 is 1.86 bits per heavy atom. The minimum atomic E-state index is 0.233. The third-order valence-corrected chi connectivity index (χ3v) is 3.54. The van der Waals surface area contributed by atoms with Gasteiger partial charge in [-0.2, -0.15) is 0 Å². The number of nitrogens with zero attached hydrogens (tertiary/aromatic N) is 1. The molecule has 0 aromatic heterocycles. The van der Waals surface area contributed by atoms with Crippen LogP contribution in [0.2, 0.25) is 0 Å². The monoisotopic (exact) mass is 196 g/mol. The fourth-order valence-corrected chi connectivity index (χ4v) is 2.58. The molecule has 0 aromatic carbocycles. The number of piperidine rings is 1. The third kappa shape index (κ3) is 2.15. The van der Waals surface area contributed by atoms with Crippen molar-refractivity contribution in [3.63, 3.8) is 0 Å². The van der Waals surface area contributed by atoms with Crippen molar-refractivity contribution in [1.82, 2.24) is 4.90 Å². The summed E-state index contributed by atoms with van der Waals surface area (Å²) in [5, 5.41) is 0. The Labute approximate surface area is 85.6 Å². The number of likely N-dealkylation sites (tertiary alicyclic amines) is 1. The fourth-order valence-electron chi connectivity index (χ4n) is 2.58. The van der Waals surface area contributed by atoms with Gasteiger partial charge < -0.3 is 5.73 Å². The number of hydrogen-bond donors (Lipinski definition) is 1. The standard InChI is InChI=1S/C11H20N2O/c12-9-5-7-13(8-6-9)10-3-1-2-4-11(10)14/h9-10H,1-8,12H2. The summed E-state index contributed by atoms with van der Waals surface area (Å²) >= 11 is 0. The van der Waals surface area contributed by atoms with Crippen LogP contribution in [0.1, 0.15) is 38.5 Å². The molecule has 1 saturated heterocycles. The van der Waals surface area contributed by atoms with Gasteiger partial charge in [0, 0.05) is 25.6 Å². The number of rotatable bonds is 1. The first-order valence-electron chi connectivity index (χ1n) is 5.80. The van der Waals surface area contributed by atoms with Gasteiger partial charge in [0.25, 0.3) is 0 Å². The second kappa shape index (κ2) is 4.41. The highest BCUT2D eigenvalue weighted by atomic mass is 16.1. The van der Waals surface area contributed by atoms with Crippen molar-refractivity contribution in [1.29, 1.82) is 0 Å². The maximum Gasteiger partial charge on any atom is 0.149 e. The van der Waals surface area contributed by atoms with E-state index in [1.165, 1.54) is 6.42 Å². The van der Waals surface area contributed by atoms with E-state index in [0.717, 1.165) is 45.2 Å². The Balaban J connectivity index is 1.90. The van der Waals surface area contributed by atoms with Gasteiger partial charge in [-0.15, -0.1) is 0 Å². The van der Waals surface area contributed by atoms with Gasteiger partial charge in [-0.3, -0.25) is 9.69 Å². The third-order valence-electron chi connectivity index (χ3n) is 3.54. The number of hydrogen-bond acceptors (Lipinski definition) is 3. The van der Waals surface area contributed by atoms with E-state index in [0.29, 0.717) is 11.8 Å². The molecule has 3 nitrogen and oxygen atoms in total. The van der Waals surface area contributed by atoms with Gasteiger partial charge >= 0.3 is 0 Å². The van der Waals surface area contributed by atoms with E-state index in [2.05, 4.69) is 4.90 Å². The Hall–Kier alpha value is -0.410. The molecule has 2 aliphatic rings. The summed E-state index contributed by atoms with van der Waals surface area (Å²) in [4.78, 5) is 14.1. The second-order valence-corrected chi connectivity index (χ2v) is 4.60. The molecular weight excluding hydrogens is 176 g/mol. The van der Waals surface area contributed by atoms with Crippen molar-refractivity contribution >= 4 is 5.78 Å². The maximum atomic E-state index is 11.7. The molecule has 0 spiro atoms. The molecule has 0 radical (unpaired) electrons. The zero-order chi connectivity index (χ0) is 9.97. The molecular formula is C11H20N2O. The lowest BCUT2D eigenvalue weighted by Crippen LogP contribution is -2.49. The van der Waals surface area contributed by atoms with E-state index < -0.39 is 0 Å². The van der Waals surface area contributed by atoms with Crippen LogP contribution in [0.4, 0.5) is 0 Å². The van der Waals surface area contributed by atoms with Crippen molar-refractivity contribution in [3.05, 3.63) is 0 Å². The molecule has 0 amide bonds. The van der Waals surface area contributed by atoms with Gasteiger partial charge in [-0.05, 0) is 25.7 Å². The predicted molar refractivity (Wildman–Crippen MR) is 56.0 cm³/mol. The minimum Gasteiger partial charge on any atom is -0.328 e. The van der Waals surface area contributed by atoms with Gasteiger partial charge in [0.2, 0.25) is 0 Å². The number of ketones is 1.